The van der Waals surface area contributed by atoms with Crippen LogP contribution in [0.2, 0.25) is 0 Å². The average Bonchev–Trinajstić information content (AvgIpc) is 3.18. The van der Waals surface area contributed by atoms with Crippen molar-refractivity contribution < 1.29 is 19.0 Å². The quantitative estimate of drug-likeness (QED) is 0.144. The van der Waals surface area contributed by atoms with Gasteiger partial charge in [-0.2, -0.15) is 0 Å². The molecule has 34 heavy (non-hydrogen) atoms. The highest BCUT2D eigenvalue weighted by Gasteiger charge is 2.32. The molecule has 0 saturated heterocycles. The zero-order chi connectivity index (χ0) is 25.0. The number of methoxy groups -OCH3 is 1. The number of ether oxygens (including phenoxy) is 3. The molecule has 0 fully saturated rings. The maximum Gasteiger partial charge on any atom is 0.344 e. The van der Waals surface area contributed by atoms with Crippen molar-refractivity contribution >= 4 is 16.9 Å². The number of esters is 1. The molecule has 0 spiro atoms. The molecule has 0 aromatic rings. The van der Waals surface area contributed by atoms with Crippen LogP contribution < -0.4 is 0 Å². The van der Waals surface area contributed by atoms with Crippen LogP contribution in [0.25, 0.3) is 0 Å². The summed E-state index contributed by atoms with van der Waals surface area (Å²) in [6, 6.07) is 0. The molecule has 0 radical (unpaired) electrons. The standard InChI is InChI=1S/C29H37O4S/c1-7-13-25(20-18-23(2)31-6)34(26-15-10-8-9-11-16-26)27-17-12-14-24(19-21-27)32-22-28(30)33-29(3,4)5/h8-10,13-21H,2,7,11-12,22H2,1,3-6H3/q+1/b20-18-,25-13+. The fourth-order valence-electron chi connectivity index (χ4n) is 3.15. The van der Waals surface area contributed by atoms with E-state index in [2.05, 4.69) is 68.2 Å². The molecular formula is C29H37O4S+. The molecular weight excluding hydrogens is 444 g/mol. The predicted molar refractivity (Wildman–Crippen MR) is 144 cm³/mol. The Kier molecular flexibility index (Phi) is 11.0. The van der Waals surface area contributed by atoms with Gasteiger partial charge in [-0.1, -0.05) is 31.7 Å². The van der Waals surface area contributed by atoms with E-state index >= 15 is 0 Å². The first kappa shape index (κ1) is 27.3. The van der Waals surface area contributed by atoms with Crippen molar-refractivity contribution in [2.45, 2.75) is 52.6 Å². The SMILES string of the molecule is C=C(/C=C\C(=C/CC)[S+](C1=CCC=CC=C1)C1=CCC=C(OCC(=O)OC(C)(C)C)C=C1)OC. The Morgan fingerprint density at radius 1 is 1.06 bits per heavy atom. The Balaban J connectivity index is 2.28. The van der Waals surface area contributed by atoms with Crippen molar-refractivity contribution in [2.24, 2.45) is 0 Å². The topological polar surface area (TPSA) is 44.8 Å². The molecule has 0 heterocycles. The van der Waals surface area contributed by atoms with Crippen molar-refractivity contribution in [3.05, 3.63) is 106 Å². The second-order valence-electron chi connectivity index (χ2n) is 8.61. The van der Waals surface area contributed by atoms with Crippen LogP contribution in [0.3, 0.4) is 0 Å². The summed E-state index contributed by atoms with van der Waals surface area (Å²) in [5.74, 6) is 0.899. The van der Waals surface area contributed by atoms with Crippen LogP contribution in [0.4, 0.5) is 0 Å². The van der Waals surface area contributed by atoms with Gasteiger partial charge in [-0.3, -0.25) is 0 Å². The number of carbonyl (C=O) groups excluding carboxylic acids is 1. The van der Waals surface area contributed by atoms with Crippen LogP contribution in [0.5, 0.6) is 0 Å². The maximum atomic E-state index is 12.0. The third kappa shape index (κ3) is 9.52. The minimum atomic E-state index is -0.532. The molecule has 2 aliphatic rings. The highest BCUT2D eigenvalue weighted by molar-refractivity contribution is 8.08. The molecule has 0 bridgehead atoms. The van der Waals surface area contributed by atoms with E-state index < -0.39 is 5.60 Å². The van der Waals surface area contributed by atoms with Gasteiger partial charge in [-0.15, -0.1) is 0 Å². The highest BCUT2D eigenvalue weighted by Crippen LogP contribution is 2.34. The Morgan fingerprint density at radius 3 is 2.50 bits per heavy atom. The van der Waals surface area contributed by atoms with Crippen LogP contribution in [-0.4, -0.2) is 25.3 Å². The van der Waals surface area contributed by atoms with E-state index in [1.165, 1.54) is 14.7 Å². The fraction of sp³-hybridized carbons (Fsp3) is 0.345. The summed E-state index contributed by atoms with van der Waals surface area (Å²) in [5, 5.41) is 0. The van der Waals surface area contributed by atoms with Gasteiger partial charge in [0, 0.05) is 0 Å². The van der Waals surface area contributed by atoms with E-state index in [1.54, 1.807) is 7.11 Å². The van der Waals surface area contributed by atoms with Gasteiger partial charge >= 0.3 is 5.97 Å². The summed E-state index contributed by atoms with van der Waals surface area (Å²) in [5.41, 5.74) is -0.532. The smallest absolute Gasteiger partial charge is 0.344 e. The van der Waals surface area contributed by atoms with Crippen molar-refractivity contribution in [1.29, 1.82) is 0 Å². The lowest BCUT2D eigenvalue weighted by Gasteiger charge is -2.19. The molecule has 0 saturated carbocycles. The van der Waals surface area contributed by atoms with Gasteiger partial charge in [0.15, 0.2) is 21.3 Å². The van der Waals surface area contributed by atoms with E-state index in [0.717, 1.165) is 12.8 Å². The van der Waals surface area contributed by atoms with E-state index in [1.807, 2.05) is 39.0 Å². The van der Waals surface area contributed by atoms with Crippen LogP contribution in [0.1, 0.15) is 47.0 Å². The normalized spacial score (nSPS) is 17.3. The zero-order valence-electron chi connectivity index (χ0n) is 21.0. The van der Waals surface area contributed by atoms with E-state index in [0.29, 0.717) is 17.9 Å². The molecule has 5 heteroatoms. The minimum absolute atomic E-state index is 0.114. The molecule has 0 aromatic carbocycles. The third-order valence-corrected chi connectivity index (χ3v) is 6.92. The van der Waals surface area contributed by atoms with Gasteiger partial charge < -0.3 is 14.2 Å². The second-order valence-corrected chi connectivity index (χ2v) is 10.6. The molecule has 4 nitrogen and oxygen atoms in total. The summed E-state index contributed by atoms with van der Waals surface area (Å²) < 4.78 is 16.3. The molecule has 1 unspecified atom stereocenters. The van der Waals surface area contributed by atoms with E-state index in [-0.39, 0.29) is 23.5 Å². The molecule has 0 aliphatic heterocycles. The average molecular weight is 482 g/mol. The van der Waals surface area contributed by atoms with Crippen LogP contribution in [-0.2, 0) is 29.9 Å². The van der Waals surface area contributed by atoms with Crippen LogP contribution >= 0.6 is 0 Å². The Morgan fingerprint density at radius 2 is 1.79 bits per heavy atom. The zero-order valence-corrected chi connectivity index (χ0v) is 21.8. The number of hydrogen-bond donors (Lipinski definition) is 0. The summed E-state index contributed by atoms with van der Waals surface area (Å²) in [6.07, 6.45) is 27.8. The Labute approximate surface area is 207 Å². The van der Waals surface area contributed by atoms with Crippen molar-refractivity contribution in [2.75, 3.05) is 13.7 Å². The van der Waals surface area contributed by atoms with Gasteiger partial charge in [0.1, 0.15) is 17.1 Å². The first-order chi connectivity index (χ1) is 16.2. The Hall–Kier alpha value is -2.92. The van der Waals surface area contributed by atoms with E-state index in [9.17, 15) is 4.79 Å². The van der Waals surface area contributed by atoms with Gasteiger partial charge in [0.05, 0.1) is 18.0 Å². The first-order valence-corrected chi connectivity index (χ1v) is 12.8. The lowest BCUT2D eigenvalue weighted by Crippen LogP contribution is -2.26. The van der Waals surface area contributed by atoms with Gasteiger partial charge in [0.25, 0.3) is 0 Å². The minimum Gasteiger partial charge on any atom is -0.497 e. The molecule has 0 amide bonds. The molecule has 2 rings (SSSR count). The van der Waals surface area contributed by atoms with Crippen molar-refractivity contribution in [1.82, 2.24) is 0 Å². The lowest BCUT2D eigenvalue weighted by atomic mass is 10.2. The maximum absolute atomic E-state index is 12.0. The Bertz CT molecular complexity index is 978. The number of allylic oxidation sites excluding steroid dienone is 12. The predicted octanol–water partition coefficient (Wildman–Crippen LogP) is 7.10. The number of hydrogen-bond acceptors (Lipinski definition) is 4. The van der Waals surface area contributed by atoms with Gasteiger partial charge in [0.2, 0.25) is 0 Å². The van der Waals surface area contributed by atoms with Crippen LogP contribution in [0, 0.1) is 0 Å². The number of carbonyl (C=O) groups is 1. The van der Waals surface area contributed by atoms with Gasteiger partial charge in [-0.05, 0) is 94.7 Å². The largest absolute Gasteiger partial charge is 0.497 e. The van der Waals surface area contributed by atoms with Crippen molar-refractivity contribution in [3.63, 3.8) is 0 Å². The fourth-order valence-corrected chi connectivity index (χ4v) is 5.44. The van der Waals surface area contributed by atoms with Crippen LogP contribution in [0.15, 0.2) is 106 Å². The third-order valence-electron chi connectivity index (χ3n) is 4.60. The summed E-state index contributed by atoms with van der Waals surface area (Å²) in [6.45, 7) is 11.5. The summed E-state index contributed by atoms with van der Waals surface area (Å²) in [7, 11) is 1.31. The molecule has 0 aromatic heterocycles. The van der Waals surface area contributed by atoms with E-state index in [4.69, 9.17) is 14.2 Å². The monoisotopic (exact) mass is 481 g/mol. The first-order valence-electron chi connectivity index (χ1n) is 11.6. The molecule has 0 N–H and O–H groups in total. The summed E-state index contributed by atoms with van der Waals surface area (Å²) in [4.78, 5) is 15.7. The molecule has 2 aliphatic carbocycles. The highest BCUT2D eigenvalue weighted by atomic mass is 32.2. The lowest BCUT2D eigenvalue weighted by molar-refractivity contribution is -0.158. The second kappa shape index (κ2) is 13.7. The number of rotatable bonds is 10. The van der Waals surface area contributed by atoms with Crippen molar-refractivity contribution in [3.8, 4) is 0 Å². The molecule has 182 valence electrons. The van der Waals surface area contributed by atoms with Gasteiger partial charge in [-0.25, -0.2) is 4.79 Å². The molecule has 1 atom stereocenters. The summed E-state index contributed by atoms with van der Waals surface area (Å²) >= 11 is 0.